The van der Waals surface area contributed by atoms with Gasteiger partial charge in [-0.05, 0) is 35.7 Å². The molecule has 1 aliphatic rings. The summed E-state index contributed by atoms with van der Waals surface area (Å²) in [5.74, 6) is 1.07. The Balaban J connectivity index is 0.00000196. The third kappa shape index (κ3) is 3.98. The fourth-order valence-electron chi connectivity index (χ4n) is 3.85. The van der Waals surface area contributed by atoms with Crippen LogP contribution in [0.5, 0.6) is 0 Å². The number of hydrogen-bond donors (Lipinski definition) is 1. The Labute approximate surface area is 161 Å². The van der Waals surface area contributed by atoms with Gasteiger partial charge in [0.1, 0.15) is 0 Å². The Kier molecular flexibility index (Phi) is 6.09. The van der Waals surface area contributed by atoms with Crippen LogP contribution >= 0.6 is 12.4 Å². The molecule has 0 aliphatic carbocycles. The lowest BCUT2D eigenvalue weighted by atomic mass is 9.89. The van der Waals surface area contributed by atoms with Crippen molar-refractivity contribution in [2.75, 3.05) is 19.6 Å². The SMILES string of the molecule is Cl.NC[C@@H]1CN(Cc2ccc(-n3ccnc3)cc2)C[C@H]1c1ccccc1. The van der Waals surface area contributed by atoms with Gasteiger partial charge in [0.2, 0.25) is 0 Å². The first kappa shape index (κ1) is 18.6. The van der Waals surface area contributed by atoms with E-state index in [-0.39, 0.29) is 12.4 Å². The molecule has 2 N–H and O–H groups in total. The van der Waals surface area contributed by atoms with Crippen LogP contribution in [0.25, 0.3) is 5.69 Å². The predicted molar refractivity (Wildman–Crippen MR) is 108 cm³/mol. The maximum absolute atomic E-state index is 6.06. The highest BCUT2D eigenvalue weighted by atomic mass is 35.5. The fourth-order valence-corrected chi connectivity index (χ4v) is 3.85. The molecular weight excluding hydrogens is 344 g/mol. The average Bonchev–Trinajstić information content (AvgIpc) is 3.33. The van der Waals surface area contributed by atoms with E-state index in [4.69, 9.17) is 5.73 Å². The van der Waals surface area contributed by atoms with Crippen molar-refractivity contribution in [2.24, 2.45) is 11.7 Å². The second-order valence-corrected chi connectivity index (χ2v) is 6.84. The van der Waals surface area contributed by atoms with E-state index in [1.807, 2.05) is 17.1 Å². The van der Waals surface area contributed by atoms with Crippen LogP contribution < -0.4 is 5.73 Å². The summed E-state index contributed by atoms with van der Waals surface area (Å²) in [6.07, 6.45) is 5.59. The topological polar surface area (TPSA) is 47.1 Å². The smallest absolute Gasteiger partial charge is 0.0991 e. The number of hydrogen-bond acceptors (Lipinski definition) is 3. The van der Waals surface area contributed by atoms with E-state index in [0.29, 0.717) is 11.8 Å². The van der Waals surface area contributed by atoms with Gasteiger partial charge in [0.15, 0.2) is 0 Å². The third-order valence-corrected chi connectivity index (χ3v) is 5.19. The van der Waals surface area contributed by atoms with Crippen molar-refractivity contribution in [3.05, 3.63) is 84.4 Å². The van der Waals surface area contributed by atoms with Crippen LogP contribution in [0.15, 0.2) is 73.3 Å². The lowest BCUT2D eigenvalue weighted by Crippen LogP contribution is -2.23. The highest BCUT2D eigenvalue weighted by Crippen LogP contribution is 2.32. The summed E-state index contributed by atoms with van der Waals surface area (Å²) in [6, 6.07) is 19.5. The molecule has 5 heteroatoms. The van der Waals surface area contributed by atoms with Gasteiger partial charge in [-0.15, -0.1) is 12.4 Å². The zero-order chi connectivity index (χ0) is 17.1. The van der Waals surface area contributed by atoms with Crippen molar-refractivity contribution in [3.8, 4) is 5.69 Å². The first-order valence-electron chi connectivity index (χ1n) is 8.88. The van der Waals surface area contributed by atoms with E-state index >= 15 is 0 Å². The molecular formula is C21H25ClN4. The first-order valence-corrected chi connectivity index (χ1v) is 8.88. The molecule has 26 heavy (non-hydrogen) atoms. The van der Waals surface area contributed by atoms with E-state index in [1.165, 1.54) is 11.1 Å². The summed E-state index contributed by atoms with van der Waals surface area (Å²) in [7, 11) is 0. The average molecular weight is 369 g/mol. The highest BCUT2D eigenvalue weighted by Gasteiger charge is 2.32. The summed E-state index contributed by atoms with van der Waals surface area (Å²) in [4.78, 5) is 6.63. The zero-order valence-electron chi connectivity index (χ0n) is 14.7. The first-order chi connectivity index (χ1) is 12.3. The second kappa shape index (κ2) is 8.49. The standard InChI is InChI=1S/C21H24N4.ClH/c22-12-19-14-24(15-21(19)18-4-2-1-3-5-18)13-17-6-8-20(9-7-17)25-11-10-23-16-25;/h1-11,16,19,21H,12-15,22H2;1H/t19-,21+;/m1./s1. The molecule has 0 radical (unpaired) electrons. The van der Waals surface area contributed by atoms with Gasteiger partial charge in [0.05, 0.1) is 6.33 Å². The third-order valence-electron chi connectivity index (χ3n) is 5.19. The molecule has 0 bridgehead atoms. The quantitative estimate of drug-likeness (QED) is 0.750. The monoisotopic (exact) mass is 368 g/mol. The second-order valence-electron chi connectivity index (χ2n) is 6.84. The van der Waals surface area contributed by atoms with Crippen LogP contribution in [0.2, 0.25) is 0 Å². The van der Waals surface area contributed by atoms with Crippen LogP contribution in [0.4, 0.5) is 0 Å². The van der Waals surface area contributed by atoms with Gasteiger partial charge in [0.25, 0.3) is 0 Å². The van der Waals surface area contributed by atoms with Crippen molar-refractivity contribution in [3.63, 3.8) is 0 Å². The number of nitrogens with zero attached hydrogens (tertiary/aromatic N) is 3. The lowest BCUT2D eigenvalue weighted by Gasteiger charge is -2.17. The van der Waals surface area contributed by atoms with Crippen LogP contribution in [-0.2, 0) is 6.54 Å². The predicted octanol–water partition coefficient (Wildman–Crippen LogP) is 3.47. The summed E-state index contributed by atoms with van der Waals surface area (Å²) in [5, 5.41) is 0. The van der Waals surface area contributed by atoms with E-state index in [0.717, 1.165) is 31.9 Å². The van der Waals surface area contributed by atoms with Crippen LogP contribution in [0, 0.1) is 5.92 Å². The largest absolute Gasteiger partial charge is 0.330 e. The number of imidazole rings is 1. The van der Waals surface area contributed by atoms with Crippen molar-refractivity contribution >= 4 is 12.4 Å². The normalized spacial score (nSPS) is 20.0. The Bertz CT molecular complexity index is 787. The number of aromatic nitrogens is 2. The molecule has 0 amide bonds. The molecule has 1 aromatic heterocycles. The van der Waals surface area contributed by atoms with E-state index in [9.17, 15) is 0 Å². The Morgan fingerprint density at radius 2 is 1.77 bits per heavy atom. The van der Waals surface area contributed by atoms with Crippen LogP contribution in [0.3, 0.4) is 0 Å². The van der Waals surface area contributed by atoms with Crippen LogP contribution in [-0.4, -0.2) is 34.1 Å². The molecule has 136 valence electrons. The van der Waals surface area contributed by atoms with E-state index < -0.39 is 0 Å². The van der Waals surface area contributed by atoms with Gasteiger partial charge in [-0.1, -0.05) is 42.5 Å². The molecule has 2 heterocycles. The van der Waals surface area contributed by atoms with Gasteiger partial charge in [-0.3, -0.25) is 4.90 Å². The molecule has 3 aromatic rings. The highest BCUT2D eigenvalue weighted by molar-refractivity contribution is 5.85. The van der Waals surface area contributed by atoms with E-state index in [1.54, 1.807) is 6.20 Å². The minimum absolute atomic E-state index is 0. The molecule has 1 aliphatic heterocycles. The molecule has 4 rings (SSSR count). The van der Waals surface area contributed by atoms with Gasteiger partial charge < -0.3 is 10.3 Å². The van der Waals surface area contributed by atoms with Gasteiger partial charge >= 0.3 is 0 Å². The van der Waals surface area contributed by atoms with Crippen molar-refractivity contribution in [2.45, 2.75) is 12.5 Å². The van der Waals surface area contributed by atoms with Crippen molar-refractivity contribution in [1.82, 2.24) is 14.5 Å². The van der Waals surface area contributed by atoms with Crippen molar-refractivity contribution in [1.29, 1.82) is 0 Å². The van der Waals surface area contributed by atoms with Gasteiger partial charge in [-0.2, -0.15) is 0 Å². The summed E-state index contributed by atoms with van der Waals surface area (Å²) < 4.78 is 2.02. The minimum atomic E-state index is 0. The fraction of sp³-hybridized carbons (Fsp3) is 0.286. The Hall–Kier alpha value is -2.14. The summed E-state index contributed by atoms with van der Waals surface area (Å²) in [6.45, 7) is 3.87. The number of nitrogens with two attached hydrogens (primary N) is 1. The summed E-state index contributed by atoms with van der Waals surface area (Å²) in [5.41, 5.74) is 9.95. The molecule has 2 aromatic carbocycles. The van der Waals surface area contributed by atoms with Crippen molar-refractivity contribution < 1.29 is 0 Å². The van der Waals surface area contributed by atoms with Crippen LogP contribution in [0.1, 0.15) is 17.0 Å². The van der Waals surface area contributed by atoms with Gasteiger partial charge in [0, 0.05) is 43.6 Å². The zero-order valence-corrected chi connectivity index (χ0v) is 15.6. The summed E-state index contributed by atoms with van der Waals surface area (Å²) >= 11 is 0. The lowest BCUT2D eigenvalue weighted by molar-refractivity contribution is 0.317. The molecule has 0 spiro atoms. The maximum Gasteiger partial charge on any atom is 0.0991 e. The molecule has 0 unspecified atom stereocenters. The minimum Gasteiger partial charge on any atom is -0.330 e. The van der Waals surface area contributed by atoms with Gasteiger partial charge in [-0.25, -0.2) is 4.98 Å². The molecule has 4 nitrogen and oxygen atoms in total. The molecule has 2 atom stereocenters. The number of halogens is 1. The van der Waals surface area contributed by atoms with E-state index in [2.05, 4.69) is 64.5 Å². The molecule has 0 saturated carbocycles. The molecule has 1 fully saturated rings. The Morgan fingerprint density at radius 3 is 2.42 bits per heavy atom. The number of likely N-dealkylation sites (tertiary alicyclic amines) is 1. The Morgan fingerprint density at radius 1 is 1.00 bits per heavy atom. The molecule has 1 saturated heterocycles. The number of benzene rings is 2. The number of rotatable bonds is 5. The maximum atomic E-state index is 6.06.